The summed E-state index contributed by atoms with van der Waals surface area (Å²) in [6.07, 6.45) is -3.99. The molecule has 12 nitrogen and oxygen atoms in total. The number of ether oxygens (including phenoxy) is 3. The summed E-state index contributed by atoms with van der Waals surface area (Å²) in [5, 5.41) is 0. The maximum absolute atomic E-state index is 14.4. The predicted octanol–water partition coefficient (Wildman–Crippen LogP) is 4.91. The third-order valence-electron chi connectivity index (χ3n) is 10.4. The zero-order chi connectivity index (χ0) is 42.0. The maximum atomic E-state index is 14.4. The van der Waals surface area contributed by atoms with E-state index in [1.165, 1.54) is 35.8 Å². The van der Waals surface area contributed by atoms with E-state index in [9.17, 15) is 28.8 Å². The number of rotatable bonds is 9. The molecule has 0 unspecified atom stereocenters. The van der Waals surface area contributed by atoms with Crippen LogP contribution in [0.5, 0.6) is 0 Å². The Hall–Kier alpha value is -5.52. The molecule has 3 amide bonds. The highest BCUT2D eigenvalue weighted by molar-refractivity contribution is 5.94. The van der Waals surface area contributed by atoms with Crippen molar-refractivity contribution in [3.63, 3.8) is 0 Å². The summed E-state index contributed by atoms with van der Waals surface area (Å²) in [4.78, 5) is 89.9. The molecule has 1 aliphatic rings. The van der Waals surface area contributed by atoms with E-state index < -0.39 is 89.8 Å². The van der Waals surface area contributed by atoms with Crippen LogP contribution in [-0.2, 0) is 62.2 Å². The van der Waals surface area contributed by atoms with Crippen LogP contribution in [0.4, 0.5) is 0 Å². The lowest BCUT2D eigenvalue weighted by molar-refractivity contribution is -0.179. The van der Waals surface area contributed by atoms with Gasteiger partial charge in [0.2, 0.25) is 0 Å². The third kappa shape index (κ3) is 11.3. The fourth-order valence-electron chi connectivity index (χ4n) is 6.74. The van der Waals surface area contributed by atoms with E-state index in [0.717, 1.165) is 16.7 Å². The Morgan fingerprint density at radius 2 is 0.614 bits per heavy atom. The zero-order valence-electron chi connectivity index (χ0n) is 34.5. The van der Waals surface area contributed by atoms with Crippen molar-refractivity contribution >= 4 is 35.6 Å². The van der Waals surface area contributed by atoms with Gasteiger partial charge in [-0.1, -0.05) is 133 Å². The molecule has 6 atom stereocenters. The Bertz CT molecular complexity index is 1620. The molecular weight excluding hydrogens is 771 g/mol. The van der Waals surface area contributed by atoms with Crippen molar-refractivity contribution in [3.8, 4) is 0 Å². The number of cyclic esters (lactones) is 3. The first-order chi connectivity index (χ1) is 27.0. The average Bonchev–Trinajstić information content (AvgIpc) is 3.19. The predicted molar refractivity (Wildman–Crippen MR) is 214 cm³/mol. The molecule has 0 spiro atoms. The maximum Gasteiger partial charge on any atom is 0.329 e. The van der Waals surface area contributed by atoms with Crippen LogP contribution in [0.25, 0.3) is 0 Å². The summed E-state index contributed by atoms with van der Waals surface area (Å²) in [6.45, 7) is 10.3. The second-order valence-corrected chi connectivity index (χ2v) is 15.8. The van der Waals surface area contributed by atoms with Crippen LogP contribution in [0.3, 0.4) is 0 Å². The van der Waals surface area contributed by atoms with Crippen LogP contribution < -0.4 is 0 Å². The lowest BCUT2D eigenvalue weighted by Crippen LogP contribution is -2.56. The van der Waals surface area contributed by atoms with Gasteiger partial charge in [-0.2, -0.15) is 0 Å². The van der Waals surface area contributed by atoms with Crippen molar-refractivity contribution in [3.05, 3.63) is 108 Å². The first kappa shape index (κ1) is 44.2. The smallest absolute Gasteiger partial charge is 0.329 e. The fraction of sp³-hybridized carbons (Fsp3) is 0.467. The molecule has 1 saturated heterocycles. The Morgan fingerprint density at radius 3 is 0.807 bits per heavy atom. The van der Waals surface area contributed by atoms with E-state index >= 15 is 0 Å². The highest BCUT2D eigenvalue weighted by atomic mass is 16.7. The average molecular weight is 829 g/mol. The Balaban J connectivity index is 1.88. The van der Waals surface area contributed by atoms with Gasteiger partial charge in [-0.15, -0.1) is 0 Å². The fourth-order valence-corrected chi connectivity index (χ4v) is 6.74. The van der Waals surface area contributed by atoms with Crippen molar-refractivity contribution < 1.29 is 43.0 Å². The number of carbonyl (C=O) groups excluding carboxylic acids is 6. The normalized spacial score (nSPS) is 23.7. The van der Waals surface area contributed by atoms with Gasteiger partial charge in [-0.3, -0.25) is 14.4 Å². The van der Waals surface area contributed by atoms with Gasteiger partial charge in [0.25, 0.3) is 17.7 Å². The molecule has 0 radical (unpaired) electrons. The molecule has 1 fully saturated rings. The van der Waals surface area contributed by atoms with Gasteiger partial charge in [-0.25, -0.2) is 14.4 Å². The van der Waals surface area contributed by atoms with Gasteiger partial charge in [0.05, 0.1) is 0 Å². The number of nitrogens with zero attached hydrogens (tertiary/aromatic N) is 3. The second kappa shape index (κ2) is 20.1. The Morgan fingerprint density at radius 1 is 0.404 bits per heavy atom. The molecule has 306 valence electrons. The molecule has 1 aliphatic heterocycles. The third-order valence-corrected chi connectivity index (χ3v) is 10.4. The van der Waals surface area contributed by atoms with Gasteiger partial charge in [0, 0.05) is 40.4 Å². The van der Waals surface area contributed by atoms with Crippen LogP contribution in [0, 0.1) is 17.8 Å². The summed E-state index contributed by atoms with van der Waals surface area (Å²) < 4.78 is 18.1. The molecule has 57 heavy (non-hydrogen) atoms. The van der Waals surface area contributed by atoms with Crippen molar-refractivity contribution in [2.75, 3.05) is 21.1 Å². The summed E-state index contributed by atoms with van der Waals surface area (Å²) in [7, 11) is 4.31. The van der Waals surface area contributed by atoms with E-state index in [0.29, 0.717) is 0 Å². The van der Waals surface area contributed by atoms with E-state index in [2.05, 4.69) is 0 Å². The molecule has 1 heterocycles. The summed E-state index contributed by atoms with van der Waals surface area (Å²) >= 11 is 0. The molecule has 0 aliphatic carbocycles. The molecule has 3 aromatic carbocycles. The quantitative estimate of drug-likeness (QED) is 0.167. The van der Waals surface area contributed by atoms with Crippen molar-refractivity contribution in [1.29, 1.82) is 0 Å². The van der Waals surface area contributed by atoms with Crippen LogP contribution in [-0.4, -0.2) is 108 Å². The summed E-state index contributed by atoms with van der Waals surface area (Å²) in [6, 6.07) is 23.4. The SMILES string of the molecule is [13CH3][13CH]([13CH3])[13C@H]1O[13C](=O)[13C@H]([13CH2][13c]2[13cH][13cH][13cH][13cH][13cH]2)N([13CH3])[13C](=O)[13C@@H]([13CH]([13CH3])[13CH3])O[13C](=O)[13C@H]([13CH2][13c]2[13cH][13cH][13cH][13cH][13cH]2)N([13CH3])[13C](=O)[13C@@H]([13CH]([13CH3])[13CH3])O[13C](=O)[13C@H]([13CH2][13c]2[13cH][13cH][13cH][13cH][13cH]2)N([13CH3])[13C]1=O. The number of likely N-dealkylation sites (N-methyl/N-ethyl adjacent to an activating group) is 3. The van der Waals surface area contributed by atoms with Crippen molar-refractivity contribution in [2.45, 2.75) is 97.2 Å². The van der Waals surface area contributed by atoms with Gasteiger partial charge >= 0.3 is 17.9 Å². The summed E-state index contributed by atoms with van der Waals surface area (Å²) in [5.74, 6) is -6.18. The lowest BCUT2D eigenvalue weighted by Gasteiger charge is -2.37. The van der Waals surface area contributed by atoms with Crippen LogP contribution in [0.1, 0.15) is 58.2 Å². The van der Waals surface area contributed by atoms with Crippen LogP contribution >= 0.6 is 0 Å². The molecule has 0 bridgehead atoms. The molecule has 0 N–H and O–H groups in total. The van der Waals surface area contributed by atoms with Gasteiger partial charge in [0.15, 0.2) is 18.3 Å². The second-order valence-electron chi connectivity index (χ2n) is 15.8. The topological polar surface area (TPSA) is 140 Å². The first-order valence-corrected chi connectivity index (χ1v) is 19.5. The summed E-state index contributed by atoms with van der Waals surface area (Å²) in [5.41, 5.74) is 2.16. The Labute approximate surface area is 336 Å². The van der Waals surface area contributed by atoms with Crippen LogP contribution in [0.2, 0.25) is 0 Å². The Kier molecular flexibility index (Phi) is 15.6. The van der Waals surface area contributed by atoms with Crippen LogP contribution in [0.15, 0.2) is 91.0 Å². The van der Waals surface area contributed by atoms with Gasteiger partial charge < -0.3 is 28.9 Å². The van der Waals surface area contributed by atoms with Crippen molar-refractivity contribution in [2.24, 2.45) is 17.8 Å². The zero-order valence-corrected chi connectivity index (χ0v) is 34.5. The minimum atomic E-state index is -1.36. The first-order valence-electron chi connectivity index (χ1n) is 19.5. The number of hydrogen-bond donors (Lipinski definition) is 0. The molecule has 4 rings (SSSR count). The van der Waals surface area contributed by atoms with E-state index in [1.807, 2.05) is 18.2 Å². The molecular formula is C45H57N3O9. The van der Waals surface area contributed by atoms with E-state index in [1.54, 1.807) is 114 Å². The van der Waals surface area contributed by atoms with Gasteiger partial charge in [-0.05, 0) is 34.4 Å². The standard InChI is InChI=1S/C45H57N3O9/c1-28(2)37-40(49)46(7)35(26-32-21-15-11-16-22-32)44(53)56-39(30(5)6)42(51)48(9)36(27-33-23-17-12-18-24-33)45(54)57-38(29(3)4)41(50)47(8)34(43(52)55-37)25-31-19-13-10-14-20-31/h10-24,28-30,34-39H,25-27H2,1-9H3/t34-,35-,36-,37+,38+,39+/m0/s1/i1+1,2+1,3+1,4+1,5+1,6+1,7+1,8+1,9+1,10+1,11+1,12+1,13+1,14+1,15+1,16+1,17+1,18+1,19+1,20+1,21+1,22+1,23+1,24+1,25+1,26+1,27+1,28+1,29+1,30+1,31+1,32+1,33+1,34+1,35+1,36+1,37+1,38+1,39+1,40+1,41+1,42+1,43+1,44+1,45+1. The highest BCUT2D eigenvalue weighted by Crippen LogP contribution is 2.24. The van der Waals surface area contributed by atoms with E-state index in [-0.39, 0.29) is 19.3 Å². The minimum absolute atomic E-state index is 0.0307. The lowest BCUT2D eigenvalue weighted by atomic mass is 10.9. The molecule has 0 aromatic heterocycles. The minimum Gasteiger partial charge on any atom is -0.450 e. The molecule has 3 aromatic rings. The molecule has 12 heteroatoms. The largest absolute Gasteiger partial charge is 0.450 e. The number of carbonyl (C=O) groups is 6. The number of amides is 3. The van der Waals surface area contributed by atoms with Gasteiger partial charge in [0.1, 0.15) is 18.1 Å². The number of benzene rings is 3. The number of esters is 3. The van der Waals surface area contributed by atoms with Crippen molar-refractivity contribution in [1.82, 2.24) is 14.7 Å². The number of hydrogen-bond acceptors (Lipinski definition) is 9. The highest BCUT2D eigenvalue weighted by Gasteiger charge is 2.44. The van der Waals surface area contributed by atoms with E-state index in [4.69, 9.17) is 14.2 Å². The molecule has 0 saturated carbocycles. The monoisotopic (exact) mass is 829 g/mol.